The van der Waals surface area contributed by atoms with E-state index in [9.17, 15) is 9.90 Å². The van der Waals surface area contributed by atoms with E-state index in [0.717, 1.165) is 25.9 Å². The maximum absolute atomic E-state index is 12.3. The lowest BCUT2D eigenvalue weighted by Crippen LogP contribution is -2.49. The number of rotatable bonds is 5. The first-order valence-electron chi connectivity index (χ1n) is 8.95. The lowest BCUT2D eigenvalue weighted by atomic mass is 9.97. The van der Waals surface area contributed by atoms with E-state index in [0.29, 0.717) is 11.6 Å². The van der Waals surface area contributed by atoms with E-state index in [1.165, 1.54) is 5.56 Å². The normalized spacial score (nSPS) is 22.3. The highest BCUT2D eigenvalue weighted by molar-refractivity contribution is 5.82. The predicted octanol–water partition coefficient (Wildman–Crippen LogP) is 2.89. The molecule has 4 heteroatoms. The molecule has 1 aliphatic rings. The molecule has 2 aromatic rings. The summed E-state index contributed by atoms with van der Waals surface area (Å²) >= 11 is 0. The van der Waals surface area contributed by atoms with Gasteiger partial charge in [0.15, 0.2) is 6.10 Å². The Hall–Kier alpha value is -2.17. The summed E-state index contributed by atoms with van der Waals surface area (Å²) in [4.78, 5) is 14.8. The van der Waals surface area contributed by atoms with Gasteiger partial charge >= 0.3 is 0 Å². The average Bonchev–Trinajstić information content (AvgIpc) is 2.65. The van der Waals surface area contributed by atoms with E-state index in [4.69, 9.17) is 0 Å². The zero-order valence-corrected chi connectivity index (χ0v) is 14.6. The van der Waals surface area contributed by atoms with Gasteiger partial charge in [0.25, 0.3) is 5.91 Å². The Morgan fingerprint density at radius 2 is 1.80 bits per heavy atom. The molecule has 1 amide bonds. The van der Waals surface area contributed by atoms with E-state index in [-0.39, 0.29) is 11.9 Å². The molecule has 1 heterocycles. The van der Waals surface area contributed by atoms with E-state index in [2.05, 4.69) is 41.4 Å². The minimum Gasteiger partial charge on any atom is -0.378 e. The Labute approximate surface area is 149 Å². The van der Waals surface area contributed by atoms with Gasteiger partial charge in [-0.2, -0.15) is 0 Å². The second-order valence-electron chi connectivity index (χ2n) is 6.85. The summed E-state index contributed by atoms with van der Waals surface area (Å²) in [7, 11) is 0. The topological polar surface area (TPSA) is 52.6 Å². The molecule has 132 valence electrons. The van der Waals surface area contributed by atoms with Crippen LogP contribution in [0.1, 0.15) is 37.0 Å². The first-order valence-corrected chi connectivity index (χ1v) is 8.95. The average molecular weight is 338 g/mol. The minimum atomic E-state index is -1.10. The number of amides is 1. The number of aliphatic hydroxyl groups is 1. The fourth-order valence-electron chi connectivity index (χ4n) is 3.47. The molecule has 0 unspecified atom stereocenters. The summed E-state index contributed by atoms with van der Waals surface area (Å²) < 4.78 is 0. The van der Waals surface area contributed by atoms with E-state index < -0.39 is 6.10 Å². The van der Waals surface area contributed by atoms with Crippen molar-refractivity contribution in [3.63, 3.8) is 0 Å². The standard InChI is InChI=1S/C21H26N2O2/c1-16-14-19(12-13-23(16)15-17-8-4-2-5-9-17)22-21(25)20(24)18-10-6-3-7-11-18/h2-11,16,19-20,24H,12-15H2,1H3,(H,22,25)/t16-,19-,20+/m1/s1. The molecule has 2 N–H and O–H groups in total. The SMILES string of the molecule is C[C@@H]1C[C@H](NC(=O)[C@@H](O)c2ccccc2)CCN1Cc1ccccc1. The molecule has 25 heavy (non-hydrogen) atoms. The lowest BCUT2D eigenvalue weighted by Gasteiger charge is -2.38. The fourth-order valence-corrected chi connectivity index (χ4v) is 3.47. The summed E-state index contributed by atoms with van der Waals surface area (Å²) in [5.41, 5.74) is 1.95. The molecule has 1 saturated heterocycles. The number of benzene rings is 2. The van der Waals surface area contributed by atoms with Gasteiger partial charge in [-0.25, -0.2) is 0 Å². The molecule has 0 radical (unpaired) electrons. The summed E-state index contributed by atoms with van der Waals surface area (Å²) in [6.45, 7) is 4.09. The van der Waals surface area contributed by atoms with Crippen molar-refractivity contribution >= 4 is 5.91 Å². The maximum Gasteiger partial charge on any atom is 0.253 e. The van der Waals surface area contributed by atoms with Crippen LogP contribution >= 0.6 is 0 Å². The Morgan fingerprint density at radius 3 is 2.44 bits per heavy atom. The molecular weight excluding hydrogens is 312 g/mol. The number of nitrogens with one attached hydrogen (secondary N) is 1. The Bertz CT molecular complexity index is 675. The van der Waals surface area contributed by atoms with Crippen molar-refractivity contribution in [1.82, 2.24) is 10.2 Å². The van der Waals surface area contributed by atoms with E-state index in [1.807, 2.05) is 24.3 Å². The summed E-state index contributed by atoms with van der Waals surface area (Å²) in [5, 5.41) is 13.2. The van der Waals surface area contributed by atoms with Gasteiger partial charge in [-0.1, -0.05) is 60.7 Å². The zero-order valence-electron chi connectivity index (χ0n) is 14.6. The highest BCUT2D eigenvalue weighted by atomic mass is 16.3. The molecule has 0 spiro atoms. The van der Waals surface area contributed by atoms with Crippen LogP contribution in [0.3, 0.4) is 0 Å². The molecule has 0 aromatic heterocycles. The third kappa shape index (κ3) is 4.68. The molecule has 3 atom stereocenters. The molecule has 1 fully saturated rings. The maximum atomic E-state index is 12.3. The van der Waals surface area contributed by atoms with Crippen molar-refractivity contribution in [2.24, 2.45) is 0 Å². The highest BCUT2D eigenvalue weighted by Gasteiger charge is 2.28. The molecule has 4 nitrogen and oxygen atoms in total. The fraction of sp³-hybridized carbons (Fsp3) is 0.381. The van der Waals surface area contributed by atoms with Gasteiger partial charge in [0.2, 0.25) is 0 Å². The summed E-state index contributed by atoms with van der Waals surface area (Å²) in [6.07, 6.45) is 0.712. The molecule has 0 bridgehead atoms. The van der Waals surface area contributed by atoms with E-state index in [1.54, 1.807) is 12.1 Å². The molecule has 2 aromatic carbocycles. The van der Waals surface area contributed by atoms with Crippen LogP contribution < -0.4 is 5.32 Å². The van der Waals surface area contributed by atoms with Gasteiger partial charge in [0.1, 0.15) is 0 Å². The van der Waals surface area contributed by atoms with Crippen molar-refractivity contribution in [3.05, 3.63) is 71.8 Å². The number of piperidine rings is 1. The second-order valence-corrected chi connectivity index (χ2v) is 6.85. The predicted molar refractivity (Wildman–Crippen MR) is 98.9 cm³/mol. The van der Waals surface area contributed by atoms with Gasteiger partial charge in [-0.05, 0) is 30.9 Å². The van der Waals surface area contributed by atoms with Gasteiger partial charge in [-0.15, -0.1) is 0 Å². The Morgan fingerprint density at radius 1 is 1.16 bits per heavy atom. The first kappa shape index (κ1) is 17.6. The number of carbonyl (C=O) groups is 1. The quantitative estimate of drug-likeness (QED) is 0.881. The van der Waals surface area contributed by atoms with Crippen LogP contribution in [0.15, 0.2) is 60.7 Å². The summed E-state index contributed by atoms with van der Waals surface area (Å²) in [6, 6.07) is 20.1. The molecule has 3 rings (SSSR count). The number of nitrogens with zero attached hydrogens (tertiary/aromatic N) is 1. The van der Waals surface area contributed by atoms with Crippen molar-refractivity contribution < 1.29 is 9.90 Å². The number of hydrogen-bond donors (Lipinski definition) is 2. The van der Waals surface area contributed by atoms with Gasteiger partial charge < -0.3 is 10.4 Å². The molecule has 0 saturated carbocycles. The van der Waals surface area contributed by atoms with Crippen LogP contribution in [-0.2, 0) is 11.3 Å². The minimum absolute atomic E-state index is 0.118. The Balaban J connectivity index is 1.52. The molecular formula is C21H26N2O2. The largest absolute Gasteiger partial charge is 0.378 e. The van der Waals surface area contributed by atoms with E-state index >= 15 is 0 Å². The van der Waals surface area contributed by atoms with Crippen LogP contribution in [0.5, 0.6) is 0 Å². The first-order chi connectivity index (χ1) is 12.1. The van der Waals surface area contributed by atoms with Crippen molar-refractivity contribution in [2.75, 3.05) is 6.54 Å². The Kier molecular flexibility index (Phi) is 5.84. The van der Waals surface area contributed by atoms with Crippen molar-refractivity contribution in [3.8, 4) is 0 Å². The van der Waals surface area contributed by atoms with Crippen molar-refractivity contribution in [2.45, 2.75) is 44.5 Å². The third-order valence-corrected chi connectivity index (χ3v) is 4.95. The van der Waals surface area contributed by atoms with Crippen molar-refractivity contribution in [1.29, 1.82) is 0 Å². The van der Waals surface area contributed by atoms with Gasteiger partial charge in [0.05, 0.1) is 0 Å². The highest BCUT2D eigenvalue weighted by Crippen LogP contribution is 2.21. The van der Waals surface area contributed by atoms with Crippen LogP contribution in [0.4, 0.5) is 0 Å². The van der Waals surface area contributed by atoms with Crippen LogP contribution in [0, 0.1) is 0 Å². The molecule has 0 aliphatic carbocycles. The number of carbonyl (C=O) groups excluding carboxylic acids is 1. The summed E-state index contributed by atoms with van der Waals surface area (Å²) in [5.74, 6) is -0.306. The third-order valence-electron chi connectivity index (χ3n) is 4.95. The van der Waals surface area contributed by atoms with Gasteiger partial charge in [-0.3, -0.25) is 9.69 Å². The van der Waals surface area contributed by atoms with Gasteiger partial charge in [0, 0.05) is 25.2 Å². The monoisotopic (exact) mass is 338 g/mol. The number of aliphatic hydroxyl groups excluding tert-OH is 1. The molecule has 1 aliphatic heterocycles. The lowest BCUT2D eigenvalue weighted by molar-refractivity contribution is -0.130. The van der Waals surface area contributed by atoms with Crippen LogP contribution in [-0.4, -0.2) is 34.5 Å². The number of likely N-dealkylation sites (tertiary alicyclic amines) is 1. The zero-order chi connectivity index (χ0) is 17.6. The second kappa shape index (κ2) is 8.28. The van der Waals surface area contributed by atoms with Crippen LogP contribution in [0.25, 0.3) is 0 Å². The smallest absolute Gasteiger partial charge is 0.253 e. The van der Waals surface area contributed by atoms with Crippen LogP contribution in [0.2, 0.25) is 0 Å². The number of hydrogen-bond acceptors (Lipinski definition) is 3.